The summed E-state index contributed by atoms with van der Waals surface area (Å²) in [6.07, 6.45) is 5.44. The number of benzene rings is 1. The molecule has 31 heavy (non-hydrogen) atoms. The summed E-state index contributed by atoms with van der Waals surface area (Å²) in [5, 5.41) is 4.76. The predicted molar refractivity (Wildman–Crippen MR) is 116 cm³/mol. The molecule has 7 heteroatoms. The minimum absolute atomic E-state index is 0.0139. The summed E-state index contributed by atoms with van der Waals surface area (Å²) in [5.41, 5.74) is 3.53. The second-order valence-electron chi connectivity index (χ2n) is 7.90. The Morgan fingerprint density at radius 1 is 1.19 bits per heavy atom. The summed E-state index contributed by atoms with van der Waals surface area (Å²) in [6.45, 7) is 3.18. The van der Waals surface area contributed by atoms with Crippen LogP contribution in [0.5, 0.6) is 5.75 Å². The van der Waals surface area contributed by atoms with E-state index in [1.807, 2.05) is 58.9 Å². The molecule has 1 saturated heterocycles. The molecule has 4 heterocycles. The van der Waals surface area contributed by atoms with Crippen molar-refractivity contribution in [2.75, 3.05) is 20.2 Å². The quantitative estimate of drug-likeness (QED) is 0.495. The zero-order valence-corrected chi connectivity index (χ0v) is 17.6. The van der Waals surface area contributed by atoms with Crippen molar-refractivity contribution in [3.05, 3.63) is 72.1 Å². The highest BCUT2D eigenvalue weighted by atomic mass is 16.5. The number of fused-ring (bicyclic) bond motifs is 1. The molecule has 3 aromatic heterocycles. The maximum absolute atomic E-state index is 12.9. The predicted octanol–water partition coefficient (Wildman–Crippen LogP) is 4.33. The second-order valence-corrected chi connectivity index (χ2v) is 7.90. The van der Waals surface area contributed by atoms with E-state index in [1.54, 1.807) is 19.4 Å². The first-order valence-corrected chi connectivity index (χ1v) is 10.5. The smallest absolute Gasteiger partial charge is 0.257 e. The van der Waals surface area contributed by atoms with Crippen molar-refractivity contribution in [1.29, 1.82) is 0 Å². The molecule has 4 aromatic rings. The third-order valence-corrected chi connectivity index (χ3v) is 5.91. The maximum Gasteiger partial charge on any atom is 0.257 e. The average molecular weight is 416 g/mol. The van der Waals surface area contributed by atoms with Gasteiger partial charge >= 0.3 is 0 Å². The summed E-state index contributed by atoms with van der Waals surface area (Å²) < 4.78 is 12.5. The largest absolute Gasteiger partial charge is 0.497 e. The van der Waals surface area contributed by atoms with Crippen LogP contribution < -0.4 is 4.74 Å². The van der Waals surface area contributed by atoms with Crippen LogP contribution in [0.2, 0.25) is 0 Å². The number of ether oxygens (including phenoxy) is 1. The van der Waals surface area contributed by atoms with Crippen molar-refractivity contribution in [3.8, 4) is 16.9 Å². The number of pyridine rings is 1. The second kappa shape index (κ2) is 7.91. The van der Waals surface area contributed by atoms with Crippen LogP contribution in [-0.4, -0.2) is 45.6 Å². The molecular weight excluding hydrogens is 392 g/mol. The molecule has 0 radical (unpaired) electrons. The van der Waals surface area contributed by atoms with Crippen molar-refractivity contribution >= 4 is 11.6 Å². The molecule has 1 aromatic carbocycles. The van der Waals surface area contributed by atoms with Crippen LogP contribution in [0.3, 0.4) is 0 Å². The van der Waals surface area contributed by atoms with Gasteiger partial charge in [0, 0.05) is 30.8 Å². The maximum atomic E-state index is 12.9. The van der Waals surface area contributed by atoms with E-state index in [9.17, 15) is 4.79 Å². The summed E-state index contributed by atoms with van der Waals surface area (Å²) in [4.78, 5) is 19.5. The molecule has 0 saturated carbocycles. The van der Waals surface area contributed by atoms with Crippen LogP contribution in [0.15, 0.2) is 59.3 Å². The van der Waals surface area contributed by atoms with Crippen molar-refractivity contribution in [2.45, 2.75) is 25.7 Å². The lowest BCUT2D eigenvalue weighted by Crippen LogP contribution is -2.39. The lowest BCUT2D eigenvalue weighted by molar-refractivity contribution is 0.0703. The van der Waals surface area contributed by atoms with Crippen LogP contribution in [0.25, 0.3) is 16.8 Å². The number of carbonyl (C=O) groups excluding carboxylic acids is 1. The van der Waals surface area contributed by atoms with E-state index in [0.29, 0.717) is 17.9 Å². The highest BCUT2D eigenvalue weighted by molar-refractivity contribution is 5.95. The highest BCUT2D eigenvalue weighted by Crippen LogP contribution is 2.28. The Kier molecular flexibility index (Phi) is 4.94. The monoisotopic (exact) mass is 416 g/mol. The molecule has 0 N–H and O–H groups in total. The topological polar surface area (TPSA) is 72.9 Å². The van der Waals surface area contributed by atoms with Crippen molar-refractivity contribution in [1.82, 2.24) is 19.5 Å². The minimum atomic E-state index is 0.0139. The third kappa shape index (κ3) is 3.67. The number of hydrogen-bond acceptors (Lipinski definition) is 5. The van der Waals surface area contributed by atoms with Gasteiger partial charge in [0.05, 0.1) is 18.9 Å². The van der Waals surface area contributed by atoms with Gasteiger partial charge in [0.2, 0.25) is 0 Å². The van der Waals surface area contributed by atoms with E-state index in [-0.39, 0.29) is 11.8 Å². The van der Waals surface area contributed by atoms with Crippen molar-refractivity contribution in [3.63, 3.8) is 0 Å². The van der Waals surface area contributed by atoms with E-state index in [2.05, 4.69) is 0 Å². The van der Waals surface area contributed by atoms with E-state index >= 15 is 0 Å². The number of aromatic nitrogens is 3. The summed E-state index contributed by atoms with van der Waals surface area (Å²) in [5.74, 6) is 2.38. The SMILES string of the molecule is COc1cccc(-c2ccc3nc(C4CCCN(C(=O)c5ccoc5C)C4)nn3c2)c1. The van der Waals surface area contributed by atoms with E-state index in [0.717, 1.165) is 47.7 Å². The van der Waals surface area contributed by atoms with Crippen molar-refractivity contribution in [2.24, 2.45) is 0 Å². The molecule has 1 aliphatic rings. The van der Waals surface area contributed by atoms with Gasteiger partial charge in [-0.3, -0.25) is 4.79 Å². The summed E-state index contributed by atoms with van der Waals surface area (Å²) in [7, 11) is 1.66. The lowest BCUT2D eigenvalue weighted by atomic mass is 9.97. The van der Waals surface area contributed by atoms with Gasteiger partial charge in [-0.15, -0.1) is 0 Å². The van der Waals surface area contributed by atoms with Crippen LogP contribution in [0.1, 0.15) is 40.7 Å². The molecular formula is C24H24N4O3. The standard InChI is InChI=1S/C24H24N4O3/c1-16-21(10-12-31-16)24(29)27-11-4-6-19(14-27)23-25-22-9-8-18(15-28(22)26-23)17-5-3-7-20(13-17)30-2/h3,5,7-10,12-13,15,19H,4,6,11,14H2,1-2H3. The van der Waals surface area contributed by atoms with Crippen molar-refractivity contribution < 1.29 is 13.9 Å². The Hall–Kier alpha value is -3.61. The average Bonchev–Trinajstić information content (AvgIpc) is 3.44. The van der Waals surface area contributed by atoms with E-state index in [4.69, 9.17) is 19.2 Å². The molecule has 1 unspecified atom stereocenters. The van der Waals surface area contributed by atoms with E-state index < -0.39 is 0 Å². The van der Waals surface area contributed by atoms with Gasteiger partial charge in [-0.05, 0) is 55.7 Å². The summed E-state index contributed by atoms with van der Waals surface area (Å²) in [6, 6.07) is 13.7. The number of amides is 1. The normalized spacial score (nSPS) is 16.6. The van der Waals surface area contributed by atoms with Crippen LogP contribution >= 0.6 is 0 Å². The number of carbonyl (C=O) groups is 1. The number of methoxy groups -OCH3 is 1. The molecule has 0 bridgehead atoms. The van der Waals surface area contributed by atoms with Crippen LogP contribution in [-0.2, 0) is 0 Å². The number of furan rings is 1. The van der Waals surface area contributed by atoms with Gasteiger partial charge in [0.1, 0.15) is 11.5 Å². The first-order chi connectivity index (χ1) is 15.1. The van der Waals surface area contributed by atoms with Crippen LogP contribution in [0.4, 0.5) is 0 Å². The molecule has 7 nitrogen and oxygen atoms in total. The zero-order valence-electron chi connectivity index (χ0n) is 17.6. The Morgan fingerprint density at radius 3 is 2.90 bits per heavy atom. The Labute approximate surface area is 180 Å². The minimum Gasteiger partial charge on any atom is -0.497 e. The Bertz CT molecular complexity index is 1240. The molecule has 1 fully saturated rings. The first kappa shape index (κ1) is 19.4. The van der Waals surface area contributed by atoms with Crippen LogP contribution in [0, 0.1) is 6.92 Å². The zero-order chi connectivity index (χ0) is 21.4. The number of nitrogens with zero attached hydrogens (tertiary/aromatic N) is 4. The molecule has 158 valence electrons. The molecule has 1 aliphatic heterocycles. The molecule has 0 spiro atoms. The van der Waals surface area contributed by atoms with Gasteiger partial charge in [0.25, 0.3) is 5.91 Å². The van der Waals surface area contributed by atoms with Gasteiger partial charge in [-0.1, -0.05) is 12.1 Å². The fourth-order valence-electron chi connectivity index (χ4n) is 4.20. The highest BCUT2D eigenvalue weighted by Gasteiger charge is 2.29. The fourth-order valence-corrected chi connectivity index (χ4v) is 4.20. The molecule has 1 atom stereocenters. The van der Waals surface area contributed by atoms with Gasteiger partial charge < -0.3 is 14.1 Å². The van der Waals surface area contributed by atoms with Gasteiger partial charge in [-0.2, -0.15) is 5.10 Å². The third-order valence-electron chi connectivity index (χ3n) is 5.91. The fraction of sp³-hybridized carbons (Fsp3) is 0.292. The number of aryl methyl sites for hydroxylation is 1. The number of hydrogen-bond donors (Lipinski definition) is 0. The number of piperidine rings is 1. The number of likely N-dealkylation sites (tertiary alicyclic amines) is 1. The Morgan fingerprint density at radius 2 is 2.10 bits per heavy atom. The summed E-state index contributed by atoms with van der Waals surface area (Å²) >= 11 is 0. The van der Waals surface area contributed by atoms with Gasteiger partial charge in [-0.25, -0.2) is 9.50 Å². The molecule has 1 amide bonds. The Balaban J connectivity index is 1.40. The number of rotatable bonds is 4. The molecule has 5 rings (SSSR count). The lowest BCUT2D eigenvalue weighted by Gasteiger charge is -2.31. The van der Waals surface area contributed by atoms with Gasteiger partial charge in [0.15, 0.2) is 11.5 Å². The molecule has 0 aliphatic carbocycles. The first-order valence-electron chi connectivity index (χ1n) is 10.5. The van der Waals surface area contributed by atoms with E-state index in [1.165, 1.54) is 0 Å².